The van der Waals surface area contributed by atoms with Crippen molar-refractivity contribution in [2.24, 2.45) is 0 Å². The predicted molar refractivity (Wildman–Crippen MR) is 67.2 cm³/mol. The molecular weight excluding hydrogens is 296 g/mol. The van der Waals surface area contributed by atoms with Crippen LogP contribution in [0.1, 0.15) is 15.9 Å². The number of carbonyl (C=O) groups is 1. The van der Waals surface area contributed by atoms with Gasteiger partial charge in [-0.15, -0.1) is 0 Å². The van der Waals surface area contributed by atoms with Gasteiger partial charge < -0.3 is 0 Å². The third kappa shape index (κ3) is 2.82. The predicted octanol–water partition coefficient (Wildman–Crippen LogP) is 4.98. The molecule has 0 aromatic heterocycles. The van der Waals surface area contributed by atoms with E-state index in [0.717, 1.165) is 6.07 Å². The molecule has 0 amide bonds. The van der Waals surface area contributed by atoms with Crippen molar-refractivity contribution in [2.45, 2.75) is 6.18 Å². The molecule has 0 fully saturated rings. The van der Waals surface area contributed by atoms with E-state index < -0.39 is 17.6 Å². The summed E-state index contributed by atoms with van der Waals surface area (Å²) < 4.78 is 51.9. The molecule has 0 aliphatic carbocycles. The molecule has 0 unspecified atom stereocenters. The standard InChI is InChI=1S/C14H7ClF4O/c15-10-5-8(7-20)4-9(6-10)11-2-1-3-12(13(11)16)14(17,18)19/h1-7H. The number of hydrogen-bond donors (Lipinski definition) is 0. The number of alkyl halides is 3. The van der Waals surface area contributed by atoms with Crippen molar-refractivity contribution in [3.63, 3.8) is 0 Å². The van der Waals surface area contributed by atoms with Crippen LogP contribution in [0.5, 0.6) is 0 Å². The van der Waals surface area contributed by atoms with Crippen LogP contribution >= 0.6 is 11.6 Å². The summed E-state index contributed by atoms with van der Waals surface area (Å²) in [6, 6.07) is 6.87. The zero-order valence-corrected chi connectivity index (χ0v) is 10.6. The number of halogens is 5. The average Bonchev–Trinajstić information content (AvgIpc) is 2.36. The summed E-state index contributed by atoms with van der Waals surface area (Å²) in [7, 11) is 0. The highest BCUT2D eigenvalue weighted by Gasteiger charge is 2.34. The second-order valence-electron chi connectivity index (χ2n) is 4.06. The number of benzene rings is 2. The Morgan fingerprint density at radius 2 is 1.80 bits per heavy atom. The summed E-state index contributed by atoms with van der Waals surface area (Å²) in [6.07, 6.45) is -4.30. The van der Waals surface area contributed by atoms with E-state index in [1.807, 2.05) is 0 Å². The molecule has 2 aromatic carbocycles. The first-order valence-corrected chi connectivity index (χ1v) is 5.82. The van der Waals surface area contributed by atoms with Crippen LogP contribution in [-0.4, -0.2) is 6.29 Å². The Hall–Kier alpha value is -1.88. The number of carbonyl (C=O) groups excluding carboxylic acids is 1. The summed E-state index contributed by atoms with van der Waals surface area (Å²) in [5.74, 6) is -1.39. The Bertz CT molecular complexity index is 665. The Morgan fingerprint density at radius 3 is 2.40 bits per heavy atom. The molecule has 0 spiro atoms. The van der Waals surface area contributed by atoms with E-state index in [-0.39, 0.29) is 21.7 Å². The molecule has 6 heteroatoms. The Labute approximate surface area is 116 Å². The molecule has 0 atom stereocenters. The molecular formula is C14H7ClF4O. The first kappa shape index (κ1) is 14.5. The maximum absolute atomic E-state index is 14.0. The van der Waals surface area contributed by atoms with Crippen LogP contribution in [0.25, 0.3) is 11.1 Å². The molecule has 0 aliphatic heterocycles. The molecule has 0 N–H and O–H groups in total. The van der Waals surface area contributed by atoms with Gasteiger partial charge in [-0.2, -0.15) is 13.2 Å². The zero-order chi connectivity index (χ0) is 14.9. The average molecular weight is 303 g/mol. The molecule has 0 saturated heterocycles. The van der Waals surface area contributed by atoms with Gasteiger partial charge in [0.2, 0.25) is 0 Å². The molecule has 1 nitrogen and oxygen atoms in total. The van der Waals surface area contributed by atoms with E-state index in [2.05, 4.69) is 0 Å². The largest absolute Gasteiger partial charge is 0.419 e. The summed E-state index contributed by atoms with van der Waals surface area (Å²) in [5, 5.41) is 0.140. The van der Waals surface area contributed by atoms with Gasteiger partial charge in [-0.3, -0.25) is 4.79 Å². The van der Waals surface area contributed by atoms with Gasteiger partial charge in [0.25, 0.3) is 0 Å². The van der Waals surface area contributed by atoms with Crippen molar-refractivity contribution in [3.05, 3.63) is 58.4 Å². The second kappa shape index (κ2) is 5.25. The molecule has 2 aromatic rings. The lowest BCUT2D eigenvalue weighted by Gasteiger charge is -2.11. The second-order valence-corrected chi connectivity index (χ2v) is 4.49. The van der Waals surface area contributed by atoms with Crippen LogP contribution < -0.4 is 0 Å². The summed E-state index contributed by atoms with van der Waals surface area (Å²) in [6.45, 7) is 0. The first-order chi connectivity index (χ1) is 9.32. The summed E-state index contributed by atoms with van der Waals surface area (Å²) in [5.41, 5.74) is -1.35. The third-order valence-electron chi connectivity index (χ3n) is 2.67. The number of aldehydes is 1. The zero-order valence-electron chi connectivity index (χ0n) is 9.84. The lowest BCUT2D eigenvalue weighted by Crippen LogP contribution is -2.08. The van der Waals surface area contributed by atoms with Crippen molar-refractivity contribution in [2.75, 3.05) is 0 Å². The SMILES string of the molecule is O=Cc1cc(Cl)cc(-c2cccc(C(F)(F)F)c2F)c1. The minimum atomic E-state index is -4.79. The molecule has 0 radical (unpaired) electrons. The Kier molecular flexibility index (Phi) is 3.81. The van der Waals surface area contributed by atoms with Gasteiger partial charge in [0.15, 0.2) is 0 Å². The molecule has 20 heavy (non-hydrogen) atoms. The van der Waals surface area contributed by atoms with Gasteiger partial charge in [-0.05, 0) is 29.8 Å². The van der Waals surface area contributed by atoms with Gasteiger partial charge in [-0.1, -0.05) is 23.7 Å². The van der Waals surface area contributed by atoms with E-state index in [0.29, 0.717) is 12.4 Å². The smallest absolute Gasteiger partial charge is 0.298 e. The monoisotopic (exact) mass is 302 g/mol. The van der Waals surface area contributed by atoms with Gasteiger partial charge in [-0.25, -0.2) is 4.39 Å². The first-order valence-electron chi connectivity index (χ1n) is 5.45. The summed E-state index contributed by atoms with van der Waals surface area (Å²) >= 11 is 5.76. The lowest BCUT2D eigenvalue weighted by atomic mass is 10.00. The highest BCUT2D eigenvalue weighted by Crippen LogP contribution is 2.36. The highest BCUT2D eigenvalue weighted by molar-refractivity contribution is 6.31. The highest BCUT2D eigenvalue weighted by atomic mass is 35.5. The number of hydrogen-bond acceptors (Lipinski definition) is 1. The van der Waals surface area contributed by atoms with Crippen LogP contribution in [0.3, 0.4) is 0 Å². The fourth-order valence-electron chi connectivity index (χ4n) is 1.81. The maximum Gasteiger partial charge on any atom is 0.419 e. The minimum absolute atomic E-state index is 0.114. The van der Waals surface area contributed by atoms with Crippen molar-refractivity contribution in [1.82, 2.24) is 0 Å². The van der Waals surface area contributed by atoms with Crippen LogP contribution in [0.4, 0.5) is 17.6 Å². The van der Waals surface area contributed by atoms with Crippen molar-refractivity contribution >= 4 is 17.9 Å². The fraction of sp³-hybridized carbons (Fsp3) is 0.0714. The number of rotatable bonds is 2. The van der Waals surface area contributed by atoms with Gasteiger partial charge in [0.05, 0.1) is 5.56 Å². The fourth-order valence-corrected chi connectivity index (χ4v) is 2.05. The Balaban J connectivity index is 2.65. The maximum atomic E-state index is 14.0. The molecule has 0 heterocycles. The van der Waals surface area contributed by atoms with Crippen LogP contribution in [0.15, 0.2) is 36.4 Å². The van der Waals surface area contributed by atoms with Crippen molar-refractivity contribution in [3.8, 4) is 11.1 Å². The van der Waals surface area contributed by atoms with Crippen LogP contribution in [0.2, 0.25) is 5.02 Å². The van der Waals surface area contributed by atoms with Gasteiger partial charge >= 0.3 is 6.18 Å². The Morgan fingerprint density at radius 1 is 1.10 bits per heavy atom. The van der Waals surface area contributed by atoms with E-state index in [4.69, 9.17) is 11.6 Å². The van der Waals surface area contributed by atoms with Crippen molar-refractivity contribution in [1.29, 1.82) is 0 Å². The van der Waals surface area contributed by atoms with E-state index in [1.165, 1.54) is 24.3 Å². The third-order valence-corrected chi connectivity index (χ3v) is 2.89. The lowest BCUT2D eigenvalue weighted by molar-refractivity contribution is -0.139. The normalized spacial score (nSPS) is 11.4. The minimum Gasteiger partial charge on any atom is -0.298 e. The topological polar surface area (TPSA) is 17.1 Å². The van der Waals surface area contributed by atoms with Crippen LogP contribution in [0, 0.1) is 5.82 Å². The van der Waals surface area contributed by atoms with E-state index in [9.17, 15) is 22.4 Å². The molecule has 104 valence electrons. The van der Waals surface area contributed by atoms with Gasteiger partial charge in [0, 0.05) is 16.1 Å². The quantitative estimate of drug-likeness (QED) is 0.565. The van der Waals surface area contributed by atoms with Gasteiger partial charge in [0.1, 0.15) is 12.1 Å². The van der Waals surface area contributed by atoms with E-state index >= 15 is 0 Å². The molecule has 0 saturated carbocycles. The van der Waals surface area contributed by atoms with Crippen LogP contribution in [-0.2, 0) is 6.18 Å². The summed E-state index contributed by atoms with van der Waals surface area (Å²) in [4.78, 5) is 10.7. The molecule has 0 bridgehead atoms. The molecule has 0 aliphatic rings. The van der Waals surface area contributed by atoms with E-state index in [1.54, 1.807) is 0 Å². The van der Waals surface area contributed by atoms with Crippen molar-refractivity contribution < 1.29 is 22.4 Å². The molecule has 2 rings (SSSR count).